The van der Waals surface area contributed by atoms with E-state index in [1.54, 1.807) is 13.2 Å². The minimum Gasteiger partial charge on any atom is -0.504 e. The fourth-order valence-electron chi connectivity index (χ4n) is 4.29. The predicted octanol–water partition coefficient (Wildman–Crippen LogP) is 6.10. The van der Waals surface area contributed by atoms with E-state index in [1.165, 1.54) is 0 Å². The standard InChI is InChI=1S/C23H32O3Si/c1-16(2)27(17(3)4,18(5)6)14-13-20-10-8-9-19-11-12-21(26-15-25-7)23(24)22(19)20/h8-12,16-18,24H,15H2,1-7H3. The molecule has 4 heteroatoms. The van der Waals surface area contributed by atoms with E-state index in [0.29, 0.717) is 22.4 Å². The Balaban J connectivity index is 2.65. The van der Waals surface area contributed by atoms with Gasteiger partial charge in [0.25, 0.3) is 0 Å². The van der Waals surface area contributed by atoms with E-state index in [4.69, 9.17) is 9.47 Å². The van der Waals surface area contributed by atoms with E-state index in [2.05, 4.69) is 53.0 Å². The van der Waals surface area contributed by atoms with Gasteiger partial charge in [0.15, 0.2) is 18.3 Å². The van der Waals surface area contributed by atoms with E-state index in [-0.39, 0.29) is 12.5 Å². The fraction of sp³-hybridized carbons (Fsp3) is 0.478. The minimum absolute atomic E-state index is 0.0942. The summed E-state index contributed by atoms with van der Waals surface area (Å²) in [6.45, 7) is 13.9. The molecule has 27 heavy (non-hydrogen) atoms. The number of aromatic hydroxyl groups is 1. The van der Waals surface area contributed by atoms with Gasteiger partial charge in [-0.05, 0) is 34.1 Å². The van der Waals surface area contributed by atoms with Gasteiger partial charge < -0.3 is 14.6 Å². The Morgan fingerprint density at radius 3 is 2.15 bits per heavy atom. The molecule has 0 heterocycles. The van der Waals surface area contributed by atoms with Crippen LogP contribution >= 0.6 is 0 Å². The first kappa shape index (κ1) is 21.3. The topological polar surface area (TPSA) is 38.7 Å². The first-order chi connectivity index (χ1) is 12.8. The second-order valence-electron chi connectivity index (χ2n) is 8.01. The first-order valence-corrected chi connectivity index (χ1v) is 11.9. The van der Waals surface area contributed by atoms with Crippen LogP contribution in [0.1, 0.15) is 47.1 Å². The Hall–Kier alpha value is -1.96. The Kier molecular flexibility index (Phi) is 6.97. The monoisotopic (exact) mass is 384 g/mol. The molecular weight excluding hydrogens is 352 g/mol. The molecule has 1 N–H and O–H groups in total. The molecule has 3 nitrogen and oxygen atoms in total. The number of hydrogen-bond acceptors (Lipinski definition) is 3. The smallest absolute Gasteiger partial charge is 0.188 e. The van der Waals surface area contributed by atoms with Crippen molar-refractivity contribution >= 4 is 18.8 Å². The average molecular weight is 385 g/mol. The van der Waals surface area contributed by atoms with Gasteiger partial charge >= 0.3 is 0 Å². The molecule has 0 amide bonds. The Labute approximate surface area is 164 Å². The van der Waals surface area contributed by atoms with Crippen LogP contribution in [0, 0.1) is 11.5 Å². The van der Waals surface area contributed by atoms with Crippen LogP contribution in [0.15, 0.2) is 30.3 Å². The van der Waals surface area contributed by atoms with E-state index < -0.39 is 8.07 Å². The molecule has 0 saturated heterocycles. The van der Waals surface area contributed by atoms with Crippen molar-refractivity contribution in [3.8, 4) is 23.0 Å². The predicted molar refractivity (Wildman–Crippen MR) is 116 cm³/mol. The summed E-state index contributed by atoms with van der Waals surface area (Å²) in [5, 5.41) is 12.5. The highest BCUT2D eigenvalue weighted by atomic mass is 28.3. The van der Waals surface area contributed by atoms with Crippen LogP contribution in [0.5, 0.6) is 11.5 Å². The Morgan fingerprint density at radius 2 is 1.59 bits per heavy atom. The van der Waals surface area contributed by atoms with Crippen LogP contribution in [-0.4, -0.2) is 27.1 Å². The molecule has 0 atom stereocenters. The van der Waals surface area contributed by atoms with E-state index in [1.807, 2.05) is 24.3 Å². The van der Waals surface area contributed by atoms with Gasteiger partial charge in [0.05, 0.1) is 0 Å². The average Bonchev–Trinajstić information content (AvgIpc) is 2.60. The highest BCUT2D eigenvalue weighted by molar-refractivity contribution is 6.90. The summed E-state index contributed by atoms with van der Waals surface area (Å²) in [6.07, 6.45) is 0. The maximum absolute atomic E-state index is 10.8. The zero-order valence-electron chi connectivity index (χ0n) is 17.6. The van der Waals surface area contributed by atoms with Crippen molar-refractivity contribution < 1.29 is 14.6 Å². The number of fused-ring (bicyclic) bond motifs is 1. The molecule has 0 unspecified atom stereocenters. The van der Waals surface area contributed by atoms with Crippen molar-refractivity contribution in [1.29, 1.82) is 0 Å². The van der Waals surface area contributed by atoms with Crippen LogP contribution < -0.4 is 4.74 Å². The van der Waals surface area contributed by atoms with Gasteiger partial charge in [-0.1, -0.05) is 65.7 Å². The lowest BCUT2D eigenvalue weighted by molar-refractivity contribution is 0.0494. The fourth-order valence-corrected chi connectivity index (χ4v) is 9.51. The maximum Gasteiger partial charge on any atom is 0.188 e. The van der Waals surface area contributed by atoms with Crippen molar-refractivity contribution in [3.05, 3.63) is 35.9 Å². The summed E-state index contributed by atoms with van der Waals surface area (Å²) in [4.78, 5) is 0. The van der Waals surface area contributed by atoms with Crippen LogP contribution in [0.25, 0.3) is 10.8 Å². The van der Waals surface area contributed by atoms with Gasteiger partial charge in [-0.15, -0.1) is 5.54 Å². The minimum atomic E-state index is -1.84. The number of methoxy groups -OCH3 is 1. The molecule has 0 saturated carbocycles. The van der Waals surface area contributed by atoms with Crippen LogP contribution in [0.4, 0.5) is 0 Å². The third-order valence-electron chi connectivity index (χ3n) is 5.59. The van der Waals surface area contributed by atoms with Gasteiger partial charge in [-0.3, -0.25) is 0 Å². The highest BCUT2D eigenvalue weighted by Gasteiger charge is 2.41. The lowest BCUT2D eigenvalue weighted by Crippen LogP contribution is -2.43. The van der Waals surface area contributed by atoms with Gasteiger partial charge in [0.2, 0.25) is 0 Å². The SMILES string of the molecule is COCOc1ccc2cccc(C#C[Si](C(C)C)(C(C)C)C(C)C)c2c1O. The normalized spacial score (nSPS) is 11.9. The molecule has 0 radical (unpaired) electrons. The number of ether oxygens (including phenoxy) is 2. The van der Waals surface area contributed by atoms with E-state index >= 15 is 0 Å². The van der Waals surface area contributed by atoms with Crippen molar-refractivity contribution in [3.63, 3.8) is 0 Å². The number of phenols is 1. The highest BCUT2D eigenvalue weighted by Crippen LogP contribution is 2.41. The number of hydrogen-bond donors (Lipinski definition) is 1. The lowest BCUT2D eigenvalue weighted by atomic mass is 10.0. The molecule has 0 aliphatic rings. The number of rotatable bonds is 6. The summed E-state index contributed by atoms with van der Waals surface area (Å²) in [7, 11) is -0.285. The number of phenolic OH excluding ortho intramolecular Hbond substituents is 1. The van der Waals surface area contributed by atoms with Crippen molar-refractivity contribution in [1.82, 2.24) is 0 Å². The molecule has 0 bridgehead atoms. The van der Waals surface area contributed by atoms with Crippen LogP contribution in [0.3, 0.4) is 0 Å². The molecule has 0 aliphatic carbocycles. The largest absolute Gasteiger partial charge is 0.504 e. The second kappa shape index (κ2) is 8.82. The Morgan fingerprint density at radius 1 is 0.963 bits per heavy atom. The third-order valence-corrected chi connectivity index (χ3v) is 11.9. The van der Waals surface area contributed by atoms with Crippen LogP contribution in [-0.2, 0) is 4.74 Å². The quantitative estimate of drug-likeness (QED) is 0.372. The first-order valence-electron chi connectivity index (χ1n) is 9.65. The summed E-state index contributed by atoms with van der Waals surface area (Å²) < 4.78 is 10.5. The maximum atomic E-state index is 10.8. The molecular formula is C23H32O3Si. The van der Waals surface area contributed by atoms with E-state index in [9.17, 15) is 5.11 Å². The van der Waals surface area contributed by atoms with Crippen LogP contribution in [0.2, 0.25) is 16.6 Å². The summed E-state index contributed by atoms with van der Waals surface area (Å²) in [6, 6.07) is 9.67. The van der Waals surface area contributed by atoms with Gasteiger partial charge in [0, 0.05) is 18.1 Å². The molecule has 146 valence electrons. The molecule has 0 spiro atoms. The summed E-state index contributed by atoms with van der Waals surface area (Å²) in [5.74, 6) is 4.00. The second-order valence-corrected chi connectivity index (χ2v) is 13.6. The summed E-state index contributed by atoms with van der Waals surface area (Å²) >= 11 is 0. The zero-order chi connectivity index (χ0) is 20.2. The van der Waals surface area contributed by atoms with Gasteiger partial charge in [-0.25, -0.2) is 0 Å². The van der Waals surface area contributed by atoms with Crippen molar-refractivity contribution in [2.45, 2.75) is 58.2 Å². The molecule has 2 aromatic rings. The Bertz CT molecular complexity index is 822. The van der Waals surface area contributed by atoms with E-state index in [0.717, 1.165) is 16.3 Å². The molecule has 2 aromatic carbocycles. The zero-order valence-corrected chi connectivity index (χ0v) is 18.6. The molecule has 2 rings (SSSR count). The third kappa shape index (κ3) is 4.15. The molecule has 0 aromatic heterocycles. The molecule has 0 fully saturated rings. The molecule has 0 aliphatic heterocycles. The van der Waals surface area contributed by atoms with Crippen molar-refractivity contribution in [2.24, 2.45) is 0 Å². The van der Waals surface area contributed by atoms with Gasteiger partial charge in [0.1, 0.15) is 8.07 Å². The van der Waals surface area contributed by atoms with Gasteiger partial charge in [-0.2, -0.15) is 0 Å². The van der Waals surface area contributed by atoms with Crippen molar-refractivity contribution in [2.75, 3.05) is 13.9 Å². The number of benzene rings is 2. The lowest BCUT2D eigenvalue weighted by Gasteiger charge is -2.38. The summed E-state index contributed by atoms with van der Waals surface area (Å²) in [5.41, 5.74) is 6.29.